The van der Waals surface area contributed by atoms with Crippen molar-refractivity contribution in [2.75, 3.05) is 19.5 Å². The van der Waals surface area contributed by atoms with Crippen LogP contribution >= 0.6 is 11.9 Å². The predicted molar refractivity (Wildman–Crippen MR) is 104 cm³/mol. The van der Waals surface area contributed by atoms with Crippen LogP contribution in [-0.2, 0) is 0 Å². The van der Waals surface area contributed by atoms with Gasteiger partial charge in [0.05, 0.1) is 5.69 Å². The fourth-order valence-corrected chi connectivity index (χ4v) is 3.26. The fourth-order valence-electron chi connectivity index (χ4n) is 2.41. The van der Waals surface area contributed by atoms with Crippen molar-refractivity contribution in [3.05, 3.63) is 23.8 Å². The number of benzene rings is 1. The Hall–Kier alpha value is -1.15. The molecule has 0 bridgehead atoms. The van der Waals surface area contributed by atoms with E-state index in [-0.39, 0.29) is 0 Å². The summed E-state index contributed by atoms with van der Waals surface area (Å²) in [5, 5.41) is 10.2. The lowest BCUT2D eigenvalue weighted by Gasteiger charge is -2.22. The molecule has 3 nitrogen and oxygen atoms in total. The summed E-state index contributed by atoms with van der Waals surface area (Å²) in [5.41, 5.74) is 2.16. The Labute approximate surface area is 146 Å². The van der Waals surface area contributed by atoms with E-state index in [0.717, 1.165) is 18.4 Å². The zero-order valence-corrected chi connectivity index (χ0v) is 16.0. The number of nitrogens with one attached hydrogen (secondary N) is 2. The third kappa shape index (κ3) is 8.31. The molecule has 0 saturated heterocycles. The first-order chi connectivity index (χ1) is 11.3. The normalized spacial score (nSPS) is 13.5. The lowest BCUT2D eigenvalue weighted by molar-refractivity contribution is 0.399. The number of hydrogen-bond acceptors (Lipinski definition) is 4. The highest BCUT2D eigenvalue weighted by Gasteiger charge is 2.13. The zero-order chi connectivity index (χ0) is 17.5. The average Bonchev–Trinajstić information content (AvgIpc) is 2.65. The first-order valence-electron chi connectivity index (χ1n) is 8.45. The Balaban J connectivity index is 0.00000112. The summed E-state index contributed by atoms with van der Waals surface area (Å²) >= 11 is 1.75. The predicted octanol–water partition coefficient (Wildman–Crippen LogP) is 4.66. The molecule has 2 rings (SSSR count). The van der Waals surface area contributed by atoms with E-state index in [1.54, 1.807) is 11.9 Å². The van der Waals surface area contributed by atoms with Crippen LogP contribution < -0.4 is 10.0 Å². The minimum Gasteiger partial charge on any atom is -0.400 e. The lowest BCUT2D eigenvalue weighted by atomic mass is 9.96. The Morgan fingerprint density at radius 2 is 1.78 bits per heavy atom. The van der Waals surface area contributed by atoms with E-state index in [0.29, 0.717) is 6.04 Å². The molecule has 130 valence electrons. The summed E-state index contributed by atoms with van der Waals surface area (Å²) in [4.78, 5) is 1.25. The molecule has 0 aliphatic heterocycles. The van der Waals surface area contributed by atoms with Crippen LogP contribution in [0, 0.1) is 11.8 Å². The second-order valence-corrected chi connectivity index (χ2v) is 5.80. The minimum atomic E-state index is 0.673. The van der Waals surface area contributed by atoms with Crippen LogP contribution in [0.2, 0.25) is 0 Å². The van der Waals surface area contributed by atoms with E-state index in [2.05, 4.69) is 40.1 Å². The first-order valence-corrected chi connectivity index (χ1v) is 9.27. The highest BCUT2D eigenvalue weighted by Crippen LogP contribution is 2.25. The molecule has 0 unspecified atom stereocenters. The van der Waals surface area contributed by atoms with Crippen LogP contribution in [0.15, 0.2) is 23.1 Å². The van der Waals surface area contributed by atoms with Gasteiger partial charge < -0.3 is 10.4 Å². The van der Waals surface area contributed by atoms with Crippen LogP contribution in [0.25, 0.3) is 0 Å². The summed E-state index contributed by atoms with van der Waals surface area (Å²) < 4.78 is 3.59. The van der Waals surface area contributed by atoms with Crippen molar-refractivity contribution >= 4 is 17.6 Å². The van der Waals surface area contributed by atoms with Crippen molar-refractivity contribution in [3.8, 4) is 11.8 Å². The van der Waals surface area contributed by atoms with Crippen LogP contribution in [0.5, 0.6) is 0 Å². The highest BCUT2D eigenvalue weighted by molar-refractivity contribution is 7.97. The SMILES string of the molecule is CC.CC#Cc1ccc(SNC2CCCCC2)cc1NC.CO. The van der Waals surface area contributed by atoms with Crippen molar-refractivity contribution in [1.29, 1.82) is 0 Å². The quantitative estimate of drug-likeness (QED) is 0.552. The molecule has 0 aromatic heterocycles. The second kappa shape index (κ2) is 14.4. The molecule has 3 N–H and O–H groups in total. The van der Waals surface area contributed by atoms with Crippen molar-refractivity contribution in [2.45, 2.75) is 63.8 Å². The Morgan fingerprint density at radius 1 is 1.13 bits per heavy atom. The molecule has 0 radical (unpaired) electrons. The molecule has 0 atom stereocenters. The molecule has 1 aliphatic carbocycles. The van der Waals surface area contributed by atoms with E-state index in [9.17, 15) is 0 Å². The number of anilines is 1. The largest absolute Gasteiger partial charge is 0.400 e. The third-order valence-corrected chi connectivity index (χ3v) is 4.41. The summed E-state index contributed by atoms with van der Waals surface area (Å²) in [6.45, 7) is 5.87. The van der Waals surface area contributed by atoms with Crippen molar-refractivity contribution in [2.24, 2.45) is 0 Å². The molecule has 1 fully saturated rings. The number of rotatable bonds is 4. The summed E-state index contributed by atoms with van der Waals surface area (Å²) in [5.74, 6) is 6.07. The molecule has 0 heterocycles. The molecule has 0 amide bonds. The van der Waals surface area contributed by atoms with Gasteiger partial charge in [-0.15, -0.1) is 5.92 Å². The maximum Gasteiger partial charge on any atom is 0.0508 e. The minimum absolute atomic E-state index is 0.673. The second-order valence-electron chi connectivity index (χ2n) is 4.89. The first kappa shape index (κ1) is 21.9. The lowest BCUT2D eigenvalue weighted by Crippen LogP contribution is -2.25. The smallest absolute Gasteiger partial charge is 0.0508 e. The average molecular weight is 337 g/mol. The Bertz CT molecular complexity index is 474. The van der Waals surface area contributed by atoms with E-state index in [4.69, 9.17) is 5.11 Å². The maximum absolute atomic E-state index is 7.00. The fraction of sp³-hybridized carbons (Fsp3) is 0.579. The van der Waals surface area contributed by atoms with E-state index >= 15 is 0 Å². The zero-order valence-electron chi connectivity index (χ0n) is 15.2. The van der Waals surface area contributed by atoms with E-state index in [1.807, 2.05) is 27.8 Å². The molecule has 1 aromatic rings. The van der Waals surface area contributed by atoms with Crippen molar-refractivity contribution in [3.63, 3.8) is 0 Å². The third-order valence-electron chi connectivity index (χ3n) is 3.47. The van der Waals surface area contributed by atoms with Gasteiger partial charge in [-0.05, 0) is 49.9 Å². The molecule has 1 saturated carbocycles. The van der Waals surface area contributed by atoms with Gasteiger partial charge >= 0.3 is 0 Å². The molecule has 1 aliphatic rings. The molecular weight excluding hydrogens is 304 g/mol. The summed E-state index contributed by atoms with van der Waals surface area (Å²) in [6, 6.07) is 7.07. The van der Waals surface area contributed by atoms with E-state index < -0.39 is 0 Å². The summed E-state index contributed by atoms with van der Waals surface area (Å²) in [6.07, 6.45) is 6.75. The molecular formula is C19H32N2OS. The van der Waals surface area contributed by atoms with Gasteiger partial charge in [0, 0.05) is 30.7 Å². The van der Waals surface area contributed by atoms with Gasteiger partial charge in [-0.1, -0.05) is 39.0 Å². The monoisotopic (exact) mass is 336 g/mol. The molecule has 23 heavy (non-hydrogen) atoms. The highest BCUT2D eigenvalue weighted by atomic mass is 32.2. The van der Waals surface area contributed by atoms with Crippen LogP contribution in [0.4, 0.5) is 5.69 Å². The van der Waals surface area contributed by atoms with Crippen molar-refractivity contribution < 1.29 is 5.11 Å². The summed E-state index contributed by atoms with van der Waals surface area (Å²) in [7, 11) is 2.94. The number of aliphatic hydroxyl groups is 1. The van der Waals surface area contributed by atoms with Gasteiger partial charge in [0.15, 0.2) is 0 Å². The van der Waals surface area contributed by atoms with Crippen LogP contribution in [0.1, 0.15) is 58.4 Å². The van der Waals surface area contributed by atoms with Crippen LogP contribution in [-0.4, -0.2) is 25.3 Å². The van der Waals surface area contributed by atoms with Gasteiger partial charge in [-0.25, -0.2) is 0 Å². The Kier molecular flexibility index (Phi) is 13.7. The van der Waals surface area contributed by atoms with Gasteiger partial charge in [-0.3, -0.25) is 4.72 Å². The number of aliphatic hydroxyl groups excluding tert-OH is 1. The van der Waals surface area contributed by atoms with Gasteiger partial charge in [0.1, 0.15) is 0 Å². The maximum atomic E-state index is 7.00. The van der Waals surface area contributed by atoms with Gasteiger partial charge in [-0.2, -0.15) is 0 Å². The molecule has 1 aromatic carbocycles. The van der Waals surface area contributed by atoms with E-state index in [1.165, 1.54) is 37.0 Å². The van der Waals surface area contributed by atoms with Crippen LogP contribution in [0.3, 0.4) is 0 Å². The number of hydrogen-bond donors (Lipinski definition) is 3. The molecule has 0 spiro atoms. The van der Waals surface area contributed by atoms with Crippen molar-refractivity contribution in [1.82, 2.24) is 4.72 Å². The van der Waals surface area contributed by atoms with Gasteiger partial charge in [0.25, 0.3) is 0 Å². The Morgan fingerprint density at radius 3 is 2.35 bits per heavy atom. The van der Waals surface area contributed by atoms with Gasteiger partial charge in [0.2, 0.25) is 0 Å². The standard InChI is InChI=1S/C16H22N2S.C2H6.CH4O/c1-3-7-13-10-11-15(12-16(13)17-2)19-18-14-8-5-4-6-9-14;2*1-2/h10-12,14,17-18H,4-6,8-9H2,1-2H3;1-2H3;2H,1H3. The molecule has 4 heteroatoms. The topological polar surface area (TPSA) is 44.3 Å².